The Hall–Kier alpha value is -2.50. The van der Waals surface area contributed by atoms with Gasteiger partial charge in [-0.05, 0) is 36.4 Å². The number of nitrogens with one attached hydrogen (secondary N) is 1. The molecule has 0 saturated heterocycles. The number of ether oxygens (including phenoxy) is 1. The number of thioether (sulfide) groups is 1. The quantitative estimate of drug-likeness (QED) is 0.126. The summed E-state index contributed by atoms with van der Waals surface area (Å²) >= 11 is 5.58. The Morgan fingerprint density at radius 1 is 1.00 bits per heavy atom. The van der Waals surface area contributed by atoms with Crippen LogP contribution in [0, 0.1) is 17.5 Å². The Morgan fingerprint density at radius 2 is 1.56 bits per heavy atom. The maximum Gasteiger partial charge on any atom is 0.432 e. The number of anilines is 1. The first-order valence-corrected chi connectivity index (χ1v) is 11.0. The van der Waals surface area contributed by atoms with Gasteiger partial charge in [-0.15, -0.1) is 0 Å². The zero-order valence-electron chi connectivity index (χ0n) is 15.9. The molecule has 0 fully saturated rings. The number of rotatable bonds is 6. The highest BCUT2D eigenvalue weighted by Gasteiger charge is 2.66. The molecule has 0 bridgehead atoms. The Bertz CT molecular complexity index is 1200. The number of hydrogen-bond acceptors (Lipinski definition) is 6. The zero-order valence-corrected chi connectivity index (χ0v) is 18.3. The molecular formula is C17H9F8NO5S3. The molecule has 0 spiro atoms. The molecule has 1 unspecified atom stereocenters. The zero-order chi connectivity index (χ0) is 26.1. The number of benzene rings is 2. The second-order valence-electron chi connectivity index (χ2n) is 6.13. The van der Waals surface area contributed by atoms with Crippen molar-refractivity contribution in [2.24, 2.45) is 0 Å². The lowest BCUT2D eigenvalue weighted by atomic mass is 10.2. The van der Waals surface area contributed by atoms with Gasteiger partial charge in [0.1, 0.15) is 4.32 Å². The van der Waals surface area contributed by atoms with Crippen molar-refractivity contribution in [1.29, 1.82) is 0 Å². The average Bonchev–Trinajstić information content (AvgIpc) is 2.71. The van der Waals surface area contributed by atoms with Crippen LogP contribution in [0.15, 0.2) is 41.3 Å². The number of hydrogen-bond donors (Lipinski definition) is 2. The summed E-state index contributed by atoms with van der Waals surface area (Å²) in [5, 5.41) is -3.62. The average molecular weight is 555 g/mol. The molecule has 1 atom stereocenters. The fraction of sp³-hybridized carbons (Fsp3) is 0.176. The Balaban J connectivity index is 2.13. The molecular weight excluding hydrogens is 546 g/mol. The van der Waals surface area contributed by atoms with Gasteiger partial charge in [0, 0.05) is 4.90 Å². The third kappa shape index (κ3) is 6.34. The molecule has 0 saturated carbocycles. The van der Waals surface area contributed by atoms with Crippen LogP contribution in [0.4, 0.5) is 40.8 Å². The molecule has 2 aromatic carbocycles. The fourth-order valence-corrected chi connectivity index (χ4v) is 3.66. The molecule has 17 heteroatoms. The summed E-state index contributed by atoms with van der Waals surface area (Å²) in [6.07, 6.45) is -10.6. The van der Waals surface area contributed by atoms with Crippen LogP contribution in [-0.2, 0) is 14.9 Å². The standard InChI is InChI=1S/C17H9F8NO5S3/c18-9-5-6-10(12(20)11(9)19)26-15(32)33-8-3-1-7(2-4-8)13(27)31-14(16(21,22)23)17(24,25)34(28,29)30/h1-6,14H,(H,26,32)(H,28,29,30). The molecule has 0 heterocycles. The maximum absolute atomic E-state index is 13.7. The first-order valence-electron chi connectivity index (χ1n) is 8.30. The summed E-state index contributed by atoms with van der Waals surface area (Å²) in [6.45, 7) is 0. The molecule has 0 amide bonds. The van der Waals surface area contributed by atoms with Crippen molar-refractivity contribution >= 4 is 50.1 Å². The molecule has 0 aliphatic rings. The van der Waals surface area contributed by atoms with Crippen molar-refractivity contribution in [3.8, 4) is 0 Å². The summed E-state index contributed by atoms with van der Waals surface area (Å²) in [7, 11) is -6.59. The van der Waals surface area contributed by atoms with Crippen LogP contribution in [-0.4, -0.2) is 40.8 Å². The van der Waals surface area contributed by atoms with Gasteiger partial charge in [0.2, 0.25) is 0 Å². The number of carbonyl (C=O) groups excluding carboxylic acids is 1. The van der Waals surface area contributed by atoms with E-state index in [1.807, 2.05) is 0 Å². The number of alkyl halides is 5. The Kier molecular flexibility index (Phi) is 8.17. The highest BCUT2D eigenvalue weighted by molar-refractivity contribution is 8.23. The van der Waals surface area contributed by atoms with Gasteiger partial charge in [-0.1, -0.05) is 24.0 Å². The van der Waals surface area contributed by atoms with E-state index in [0.29, 0.717) is 17.8 Å². The smallest absolute Gasteiger partial charge is 0.432 e. The minimum atomic E-state index is -6.59. The number of halogens is 8. The Morgan fingerprint density at radius 3 is 2.06 bits per heavy atom. The van der Waals surface area contributed by atoms with Gasteiger partial charge in [-0.3, -0.25) is 4.55 Å². The molecule has 0 aliphatic carbocycles. The van der Waals surface area contributed by atoms with Gasteiger partial charge in [0.05, 0.1) is 11.3 Å². The van der Waals surface area contributed by atoms with Crippen molar-refractivity contribution in [3.63, 3.8) is 0 Å². The molecule has 0 radical (unpaired) electrons. The second-order valence-corrected chi connectivity index (χ2v) is 9.37. The first-order chi connectivity index (χ1) is 15.4. The minimum Gasteiger partial charge on any atom is -0.441 e. The van der Waals surface area contributed by atoms with E-state index in [1.54, 1.807) is 0 Å². The highest BCUT2D eigenvalue weighted by Crippen LogP contribution is 2.38. The van der Waals surface area contributed by atoms with Crippen LogP contribution >= 0.6 is 24.0 Å². The Labute approximate surface area is 195 Å². The molecule has 0 aliphatic heterocycles. The van der Waals surface area contributed by atoms with Gasteiger partial charge in [-0.25, -0.2) is 18.0 Å². The van der Waals surface area contributed by atoms with E-state index in [9.17, 15) is 48.3 Å². The predicted octanol–water partition coefficient (Wildman–Crippen LogP) is 5.16. The maximum atomic E-state index is 13.7. The molecule has 2 N–H and O–H groups in total. The molecule has 6 nitrogen and oxygen atoms in total. The van der Waals surface area contributed by atoms with E-state index >= 15 is 0 Å². The van der Waals surface area contributed by atoms with Crippen molar-refractivity contribution in [1.82, 2.24) is 0 Å². The third-order valence-corrected chi connectivity index (χ3v) is 5.79. The largest absolute Gasteiger partial charge is 0.441 e. The van der Waals surface area contributed by atoms with Gasteiger partial charge >= 0.3 is 27.5 Å². The number of carbonyl (C=O) groups is 1. The summed E-state index contributed by atoms with van der Waals surface area (Å²) in [5.41, 5.74) is -1.22. The fourth-order valence-electron chi connectivity index (χ4n) is 2.16. The van der Waals surface area contributed by atoms with Crippen LogP contribution in [0.5, 0.6) is 0 Å². The molecule has 34 heavy (non-hydrogen) atoms. The second kappa shape index (κ2) is 10.0. The lowest BCUT2D eigenvalue weighted by Crippen LogP contribution is -2.52. The van der Waals surface area contributed by atoms with Gasteiger partial charge in [0.15, 0.2) is 17.5 Å². The summed E-state index contributed by atoms with van der Waals surface area (Å²) in [4.78, 5) is 12.0. The lowest BCUT2D eigenvalue weighted by molar-refractivity contribution is -0.248. The lowest BCUT2D eigenvalue weighted by Gasteiger charge is -2.26. The molecule has 186 valence electrons. The van der Waals surface area contributed by atoms with Crippen LogP contribution in [0.3, 0.4) is 0 Å². The van der Waals surface area contributed by atoms with Crippen molar-refractivity contribution in [2.45, 2.75) is 22.4 Å². The van der Waals surface area contributed by atoms with Crippen molar-refractivity contribution < 1.29 is 57.6 Å². The topological polar surface area (TPSA) is 92.7 Å². The van der Waals surface area contributed by atoms with Crippen LogP contribution in [0.2, 0.25) is 0 Å². The van der Waals surface area contributed by atoms with E-state index in [1.165, 1.54) is 0 Å². The normalized spacial score (nSPS) is 13.3. The summed E-state index contributed by atoms with van der Waals surface area (Å²) in [6, 6.07) is 5.23. The summed E-state index contributed by atoms with van der Waals surface area (Å²) in [5.74, 6) is -6.74. The van der Waals surface area contributed by atoms with E-state index < -0.39 is 62.3 Å². The first kappa shape index (κ1) is 27.7. The third-order valence-electron chi connectivity index (χ3n) is 3.74. The summed E-state index contributed by atoms with van der Waals surface area (Å²) < 4.78 is 138. The van der Waals surface area contributed by atoms with E-state index in [4.69, 9.17) is 16.8 Å². The van der Waals surface area contributed by atoms with E-state index in [0.717, 1.165) is 30.3 Å². The van der Waals surface area contributed by atoms with Crippen molar-refractivity contribution in [2.75, 3.05) is 5.32 Å². The number of thiocarbonyl (C=S) groups is 1. The van der Waals surface area contributed by atoms with E-state index in [-0.39, 0.29) is 9.22 Å². The predicted molar refractivity (Wildman–Crippen MR) is 107 cm³/mol. The van der Waals surface area contributed by atoms with Crippen LogP contribution in [0.25, 0.3) is 0 Å². The number of esters is 1. The highest BCUT2D eigenvalue weighted by atomic mass is 32.2. The van der Waals surface area contributed by atoms with Gasteiger partial charge < -0.3 is 10.1 Å². The SMILES string of the molecule is O=C(OC(C(F)(F)F)C(F)(F)S(=O)(=O)O)c1ccc(SC(=S)Nc2ccc(F)c(F)c2F)cc1. The minimum absolute atomic E-state index is 0.174. The van der Waals surface area contributed by atoms with Crippen molar-refractivity contribution in [3.05, 3.63) is 59.4 Å². The van der Waals surface area contributed by atoms with Crippen LogP contribution in [0.1, 0.15) is 10.4 Å². The molecule has 0 aromatic heterocycles. The molecule has 2 aromatic rings. The van der Waals surface area contributed by atoms with Gasteiger partial charge in [-0.2, -0.15) is 30.4 Å². The molecule has 2 rings (SSSR count). The van der Waals surface area contributed by atoms with Gasteiger partial charge in [0.25, 0.3) is 6.10 Å². The van der Waals surface area contributed by atoms with E-state index in [2.05, 4.69) is 10.1 Å². The monoisotopic (exact) mass is 555 g/mol. The van der Waals surface area contributed by atoms with Crippen LogP contribution < -0.4 is 5.32 Å².